The zero-order chi connectivity index (χ0) is 21.2. The maximum Gasteiger partial charge on any atom is 0.266 e. The average molecular weight is 443 g/mol. The molecular formula is C21H22N4O3S2. The van der Waals surface area contributed by atoms with Crippen molar-refractivity contribution in [3.05, 3.63) is 64.4 Å². The maximum absolute atomic E-state index is 12.0. The summed E-state index contributed by atoms with van der Waals surface area (Å²) >= 11 is 2.89. The third-order valence-electron chi connectivity index (χ3n) is 4.09. The van der Waals surface area contributed by atoms with Gasteiger partial charge in [-0.3, -0.25) is 9.59 Å². The van der Waals surface area contributed by atoms with Crippen LogP contribution in [0, 0.1) is 0 Å². The van der Waals surface area contributed by atoms with Crippen molar-refractivity contribution in [2.75, 3.05) is 18.2 Å². The average Bonchev–Trinajstić information content (AvgIpc) is 3.32. The minimum absolute atomic E-state index is 0.000715. The summed E-state index contributed by atoms with van der Waals surface area (Å²) < 4.78 is 5.28. The summed E-state index contributed by atoms with van der Waals surface area (Å²) in [6.07, 6.45) is 1.16. The van der Waals surface area contributed by atoms with Crippen LogP contribution < -0.4 is 15.4 Å². The van der Waals surface area contributed by atoms with Gasteiger partial charge >= 0.3 is 0 Å². The lowest BCUT2D eigenvalue weighted by atomic mass is 10.2. The van der Waals surface area contributed by atoms with Crippen molar-refractivity contribution < 1.29 is 14.3 Å². The van der Waals surface area contributed by atoms with Crippen molar-refractivity contribution in [2.45, 2.75) is 24.4 Å². The van der Waals surface area contributed by atoms with Gasteiger partial charge in [-0.25, -0.2) is 0 Å². The Labute approximate surface area is 183 Å². The number of aromatic nitrogens is 2. The predicted octanol–water partition coefficient (Wildman–Crippen LogP) is 3.99. The van der Waals surface area contributed by atoms with Gasteiger partial charge in [-0.05, 0) is 36.1 Å². The van der Waals surface area contributed by atoms with Gasteiger partial charge in [0.15, 0.2) is 5.82 Å². The van der Waals surface area contributed by atoms with E-state index >= 15 is 0 Å². The highest BCUT2D eigenvalue weighted by Gasteiger charge is 2.09. The highest BCUT2D eigenvalue weighted by Crippen LogP contribution is 2.19. The molecule has 0 bridgehead atoms. The number of benzene rings is 1. The Bertz CT molecular complexity index is 963. The van der Waals surface area contributed by atoms with Crippen molar-refractivity contribution in [2.24, 2.45) is 0 Å². The molecule has 0 atom stereocenters. The summed E-state index contributed by atoms with van der Waals surface area (Å²) in [6, 6.07) is 14.7. The van der Waals surface area contributed by atoms with Crippen LogP contribution in [0.25, 0.3) is 0 Å². The van der Waals surface area contributed by atoms with E-state index in [0.717, 1.165) is 28.5 Å². The summed E-state index contributed by atoms with van der Waals surface area (Å²) in [5, 5.41) is 16.4. The number of hydrogen-bond acceptors (Lipinski definition) is 7. The third kappa shape index (κ3) is 6.57. The lowest BCUT2D eigenvalue weighted by Crippen LogP contribution is -2.22. The van der Waals surface area contributed by atoms with Gasteiger partial charge in [-0.2, -0.15) is 0 Å². The Morgan fingerprint density at radius 1 is 1.10 bits per heavy atom. The molecule has 7 nitrogen and oxygen atoms in total. The molecule has 0 aliphatic rings. The number of nitrogens with one attached hydrogen (secondary N) is 2. The van der Waals surface area contributed by atoms with Gasteiger partial charge in [0.05, 0.1) is 12.0 Å². The van der Waals surface area contributed by atoms with Gasteiger partial charge in [-0.15, -0.1) is 33.3 Å². The van der Waals surface area contributed by atoms with E-state index in [2.05, 4.69) is 20.8 Å². The van der Waals surface area contributed by atoms with E-state index in [1.807, 2.05) is 41.8 Å². The number of methoxy groups -OCH3 is 1. The first kappa shape index (κ1) is 21.8. The first-order valence-corrected chi connectivity index (χ1v) is 11.2. The molecule has 2 aromatic heterocycles. The van der Waals surface area contributed by atoms with Gasteiger partial charge in [0.2, 0.25) is 5.91 Å². The van der Waals surface area contributed by atoms with Crippen LogP contribution in [0.2, 0.25) is 0 Å². The second-order valence-corrected chi connectivity index (χ2v) is 8.29. The normalized spacial score (nSPS) is 10.4. The monoisotopic (exact) mass is 442 g/mol. The largest absolute Gasteiger partial charge is 0.496 e. The minimum atomic E-state index is -0.196. The van der Waals surface area contributed by atoms with E-state index in [0.29, 0.717) is 23.7 Å². The first-order valence-electron chi connectivity index (χ1n) is 9.35. The Hall–Kier alpha value is -2.91. The van der Waals surface area contributed by atoms with Crippen LogP contribution in [0.15, 0.2) is 58.9 Å². The van der Waals surface area contributed by atoms with Crippen molar-refractivity contribution in [1.82, 2.24) is 15.5 Å². The summed E-state index contributed by atoms with van der Waals surface area (Å²) in [5.74, 6) is 1.73. The second-order valence-electron chi connectivity index (χ2n) is 6.23. The van der Waals surface area contributed by atoms with Crippen molar-refractivity contribution in [1.29, 1.82) is 0 Å². The molecule has 2 N–H and O–H groups in total. The third-order valence-corrected chi connectivity index (χ3v) is 5.97. The standard InChI is InChI=1S/C21H22N4O3S2/c1-28-16-7-3-2-6-15(16)14-22-19(26)9-5-13-30-20-11-10-18(24-25-20)23-21(27)17-8-4-12-29-17/h2-4,6-8,10-12H,5,9,13-14H2,1H3,(H,22,26)(H,23,24,27). The number of carbonyl (C=O) groups excluding carboxylic acids is 2. The quantitative estimate of drug-likeness (QED) is 0.364. The molecule has 0 aliphatic carbocycles. The summed E-state index contributed by atoms with van der Waals surface area (Å²) in [5.41, 5.74) is 0.948. The van der Waals surface area contributed by atoms with Gasteiger partial charge in [-0.1, -0.05) is 24.3 Å². The molecule has 0 radical (unpaired) electrons. The number of thioether (sulfide) groups is 1. The SMILES string of the molecule is COc1ccccc1CNC(=O)CCCSc1ccc(NC(=O)c2cccs2)nn1. The first-order chi connectivity index (χ1) is 14.7. The van der Waals surface area contributed by atoms with Crippen molar-refractivity contribution in [3.63, 3.8) is 0 Å². The topological polar surface area (TPSA) is 93.2 Å². The second kappa shape index (κ2) is 11.3. The Balaban J connectivity index is 1.35. The van der Waals surface area contributed by atoms with Gasteiger partial charge in [0, 0.05) is 24.3 Å². The Morgan fingerprint density at radius 3 is 2.70 bits per heavy atom. The van der Waals surface area contributed by atoms with Crippen LogP contribution in [-0.4, -0.2) is 34.9 Å². The number of thiophene rings is 1. The van der Waals surface area contributed by atoms with Gasteiger partial charge in [0.1, 0.15) is 10.8 Å². The molecule has 0 saturated carbocycles. The highest BCUT2D eigenvalue weighted by molar-refractivity contribution is 7.99. The fourth-order valence-corrected chi connectivity index (χ4v) is 3.97. The van der Waals surface area contributed by atoms with E-state index in [-0.39, 0.29) is 11.8 Å². The molecule has 156 valence electrons. The molecular weight excluding hydrogens is 420 g/mol. The van der Waals surface area contributed by atoms with Gasteiger partial charge in [0.25, 0.3) is 5.91 Å². The highest BCUT2D eigenvalue weighted by atomic mass is 32.2. The van der Waals surface area contributed by atoms with E-state index in [1.54, 1.807) is 19.2 Å². The summed E-state index contributed by atoms with van der Waals surface area (Å²) in [7, 11) is 1.62. The predicted molar refractivity (Wildman–Crippen MR) is 119 cm³/mol. The fourth-order valence-electron chi connectivity index (χ4n) is 2.59. The molecule has 2 amide bonds. The Kier molecular flexibility index (Phi) is 8.22. The lowest BCUT2D eigenvalue weighted by Gasteiger charge is -2.09. The molecule has 0 unspecified atom stereocenters. The summed E-state index contributed by atoms with van der Waals surface area (Å²) in [6.45, 7) is 0.445. The lowest BCUT2D eigenvalue weighted by molar-refractivity contribution is -0.121. The van der Waals surface area contributed by atoms with E-state index in [1.165, 1.54) is 23.1 Å². The number of ether oxygens (including phenoxy) is 1. The molecule has 30 heavy (non-hydrogen) atoms. The number of amides is 2. The van der Waals surface area contributed by atoms with E-state index in [4.69, 9.17) is 4.74 Å². The maximum atomic E-state index is 12.0. The fraction of sp³-hybridized carbons (Fsp3) is 0.238. The van der Waals surface area contributed by atoms with Crippen LogP contribution in [-0.2, 0) is 11.3 Å². The number of anilines is 1. The van der Waals surface area contributed by atoms with Crippen LogP contribution in [0.5, 0.6) is 5.75 Å². The number of rotatable bonds is 10. The smallest absolute Gasteiger partial charge is 0.266 e. The Morgan fingerprint density at radius 2 is 1.97 bits per heavy atom. The number of nitrogens with zero attached hydrogens (tertiary/aromatic N) is 2. The molecule has 0 spiro atoms. The van der Waals surface area contributed by atoms with Crippen LogP contribution in [0.1, 0.15) is 28.1 Å². The molecule has 3 aromatic rings. The molecule has 0 fully saturated rings. The minimum Gasteiger partial charge on any atom is -0.496 e. The van der Waals surface area contributed by atoms with Gasteiger partial charge < -0.3 is 15.4 Å². The zero-order valence-corrected chi connectivity index (χ0v) is 18.1. The number of carbonyl (C=O) groups is 2. The van der Waals surface area contributed by atoms with E-state index < -0.39 is 0 Å². The number of hydrogen-bond donors (Lipinski definition) is 2. The van der Waals surface area contributed by atoms with Crippen molar-refractivity contribution >= 4 is 40.7 Å². The molecule has 1 aromatic carbocycles. The molecule has 2 heterocycles. The zero-order valence-electron chi connectivity index (χ0n) is 16.5. The molecule has 3 rings (SSSR count). The molecule has 0 saturated heterocycles. The van der Waals surface area contributed by atoms with E-state index in [9.17, 15) is 9.59 Å². The van der Waals surface area contributed by atoms with Crippen LogP contribution in [0.3, 0.4) is 0 Å². The van der Waals surface area contributed by atoms with Crippen molar-refractivity contribution in [3.8, 4) is 5.75 Å². The van der Waals surface area contributed by atoms with Crippen LogP contribution >= 0.6 is 23.1 Å². The molecule has 9 heteroatoms. The summed E-state index contributed by atoms with van der Waals surface area (Å²) in [4.78, 5) is 24.7. The number of para-hydroxylation sites is 1. The molecule has 0 aliphatic heterocycles. The van der Waals surface area contributed by atoms with Crippen LogP contribution in [0.4, 0.5) is 5.82 Å².